The zero-order chi connectivity index (χ0) is 14.4. The normalized spacial score (nSPS) is 13.7. The van der Waals surface area contributed by atoms with Crippen molar-refractivity contribution in [1.29, 1.82) is 0 Å². The molecule has 0 saturated carbocycles. The second kappa shape index (κ2) is 7.14. The van der Waals surface area contributed by atoms with Gasteiger partial charge in [-0.2, -0.15) is 0 Å². The summed E-state index contributed by atoms with van der Waals surface area (Å²) in [5.74, 6) is 0.930. The standard InChI is InChI=1S/C15H23NO3/c1-5-10(2)11(3)15(18)16-13-6-7-14(19-4)12(8-13)9-17/h6-8,10-11,17H,5,9H2,1-4H3,(H,16,18). The van der Waals surface area contributed by atoms with E-state index in [4.69, 9.17) is 4.74 Å². The molecule has 0 saturated heterocycles. The van der Waals surface area contributed by atoms with Crippen LogP contribution in [0.15, 0.2) is 18.2 Å². The second-order valence-corrected chi connectivity index (χ2v) is 4.85. The highest BCUT2D eigenvalue weighted by Gasteiger charge is 2.19. The van der Waals surface area contributed by atoms with E-state index in [0.717, 1.165) is 6.42 Å². The molecule has 2 N–H and O–H groups in total. The fourth-order valence-corrected chi connectivity index (χ4v) is 1.85. The number of amides is 1. The van der Waals surface area contributed by atoms with Gasteiger partial charge < -0.3 is 15.2 Å². The molecule has 4 heteroatoms. The molecular formula is C15H23NO3. The first-order valence-electron chi connectivity index (χ1n) is 6.62. The Bertz CT molecular complexity index is 431. The van der Waals surface area contributed by atoms with Crippen LogP contribution in [0.2, 0.25) is 0 Å². The molecule has 1 aromatic rings. The molecule has 19 heavy (non-hydrogen) atoms. The Morgan fingerprint density at radius 1 is 1.42 bits per heavy atom. The molecule has 0 aliphatic heterocycles. The van der Waals surface area contributed by atoms with Crippen molar-refractivity contribution in [1.82, 2.24) is 0 Å². The fraction of sp³-hybridized carbons (Fsp3) is 0.533. The third-order valence-corrected chi connectivity index (χ3v) is 3.63. The van der Waals surface area contributed by atoms with Crippen molar-refractivity contribution in [2.24, 2.45) is 11.8 Å². The predicted molar refractivity (Wildman–Crippen MR) is 76.2 cm³/mol. The topological polar surface area (TPSA) is 58.6 Å². The van der Waals surface area contributed by atoms with Crippen LogP contribution in [0.3, 0.4) is 0 Å². The maximum Gasteiger partial charge on any atom is 0.227 e. The minimum Gasteiger partial charge on any atom is -0.496 e. The van der Waals surface area contributed by atoms with Crippen molar-refractivity contribution in [3.05, 3.63) is 23.8 Å². The maximum absolute atomic E-state index is 12.1. The van der Waals surface area contributed by atoms with Gasteiger partial charge in [0.05, 0.1) is 13.7 Å². The number of methoxy groups -OCH3 is 1. The van der Waals surface area contributed by atoms with Crippen LogP contribution in [0, 0.1) is 11.8 Å². The summed E-state index contributed by atoms with van der Waals surface area (Å²) in [7, 11) is 1.55. The van der Waals surface area contributed by atoms with Gasteiger partial charge in [-0.3, -0.25) is 4.79 Å². The first-order chi connectivity index (χ1) is 9.03. The molecule has 2 unspecified atom stereocenters. The molecule has 1 amide bonds. The largest absolute Gasteiger partial charge is 0.496 e. The Balaban J connectivity index is 2.80. The Morgan fingerprint density at radius 2 is 2.11 bits per heavy atom. The second-order valence-electron chi connectivity index (χ2n) is 4.85. The highest BCUT2D eigenvalue weighted by Crippen LogP contribution is 2.24. The van der Waals surface area contributed by atoms with Crippen LogP contribution < -0.4 is 10.1 Å². The SMILES string of the molecule is CCC(C)C(C)C(=O)Nc1ccc(OC)c(CO)c1. The van der Waals surface area contributed by atoms with E-state index in [2.05, 4.69) is 19.2 Å². The number of aliphatic hydroxyl groups excluding tert-OH is 1. The monoisotopic (exact) mass is 265 g/mol. The van der Waals surface area contributed by atoms with Gasteiger partial charge in [0.15, 0.2) is 0 Å². The van der Waals surface area contributed by atoms with Crippen LogP contribution in [0.4, 0.5) is 5.69 Å². The van der Waals surface area contributed by atoms with Gasteiger partial charge in [-0.05, 0) is 24.1 Å². The van der Waals surface area contributed by atoms with Gasteiger partial charge >= 0.3 is 0 Å². The van der Waals surface area contributed by atoms with Crippen molar-refractivity contribution in [3.8, 4) is 5.75 Å². The lowest BCUT2D eigenvalue weighted by atomic mass is 9.93. The number of aliphatic hydroxyl groups is 1. The van der Waals surface area contributed by atoms with Crippen LogP contribution in [0.25, 0.3) is 0 Å². The highest BCUT2D eigenvalue weighted by molar-refractivity contribution is 5.92. The summed E-state index contributed by atoms with van der Waals surface area (Å²) in [5, 5.41) is 12.1. The quantitative estimate of drug-likeness (QED) is 0.831. The van der Waals surface area contributed by atoms with E-state index in [9.17, 15) is 9.90 Å². The minimum atomic E-state index is -0.117. The van der Waals surface area contributed by atoms with E-state index in [0.29, 0.717) is 22.9 Å². The van der Waals surface area contributed by atoms with Crippen LogP contribution >= 0.6 is 0 Å². The zero-order valence-electron chi connectivity index (χ0n) is 12.1. The molecule has 106 valence electrons. The van der Waals surface area contributed by atoms with E-state index in [-0.39, 0.29) is 18.4 Å². The number of benzene rings is 1. The van der Waals surface area contributed by atoms with E-state index in [1.807, 2.05) is 6.92 Å². The average molecular weight is 265 g/mol. The molecule has 0 spiro atoms. The van der Waals surface area contributed by atoms with Gasteiger partial charge in [0, 0.05) is 17.2 Å². The smallest absolute Gasteiger partial charge is 0.227 e. The molecule has 0 aliphatic carbocycles. The van der Waals surface area contributed by atoms with Crippen molar-refractivity contribution in [3.63, 3.8) is 0 Å². The molecule has 0 aliphatic rings. The lowest BCUT2D eigenvalue weighted by molar-refractivity contribution is -0.120. The molecule has 4 nitrogen and oxygen atoms in total. The fourth-order valence-electron chi connectivity index (χ4n) is 1.85. The van der Waals surface area contributed by atoms with Crippen LogP contribution in [-0.4, -0.2) is 18.1 Å². The molecule has 1 rings (SSSR count). The summed E-state index contributed by atoms with van der Waals surface area (Å²) in [4.78, 5) is 12.1. The highest BCUT2D eigenvalue weighted by atomic mass is 16.5. The van der Waals surface area contributed by atoms with E-state index in [1.165, 1.54) is 0 Å². The Hall–Kier alpha value is -1.55. The summed E-state index contributed by atoms with van der Waals surface area (Å²) in [5.41, 5.74) is 1.35. The Labute approximate surface area is 114 Å². The van der Waals surface area contributed by atoms with Crippen LogP contribution in [0.5, 0.6) is 5.75 Å². The maximum atomic E-state index is 12.1. The van der Waals surface area contributed by atoms with Crippen LogP contribution in [-0.2, 0) is 11.4 Å². The average Bonchev–Trinajstić information content (AvgIpc) is 2.45. The van der Waals surface area contributed by atoms with Gasteiger partial charge in [0.1, 0.15) is 5.75 Å². The van der Waals surface area contributed by atoms with Crippen LogP contribution in [0.1, 0.15) is 32.8 Å². The number of nitrogens with one attached hydrogen (secondary N) is 1. The van der Waals surface area contributed by atoms with Crippen molar-refractivity contribution < 1.29 is 14.6 Å². The minimum absolute atomic E-state index is 0.00315. The van der Waals surface area contributed by atoms with Crippen molar-refractivity contribution >= 4 is 11.6 Å². The Kier molecular flexibility index (Phi) is 5.83. The third-order valence-electron chi connectivity index (χ3n) is 3.63. The number of rotatable bonds is 6. The number of anilines is 1. The molecule has 0 fully saturated rings. The van der Waals surface area contributed by atoms with Gasteiger partial charge in [-0.1, -0.05) is 27.2 Å². The third kappa shape index (κ3) is 3.96. The van der Waals surface area contributed by atoms with E-state index < -0.39 is 0 Å². The molecular weight excluding hydrogens is 242 g/mol. The van der Waals surface area contributed by atoms with E-state index >= 15 is 0 Å². The number of carbonyl (C=O) groups is 1. The van der Waals surface area contributed by atoms with Gasteiger partial charge in [-0.25, -0.2) is 0 Å². The number of carbonyl (C=O) groups excluding carboxylic acids is 1. The summed E-state index contributed by atoms with van der Waals surface area (Å²) in [6.07, 6.45) is 0.971. The summed E-state index contributed by atoms with van der Waals surface area (Å²) in [6, 6.07) is 5.26. The summed E-state index contributed by atoms with van der Waals surface area (Å²) in [6.45, 7) is 5.96. The molecule has 0 heterocycles. The molecule has 1 aromatic carbocycles. The lowest BCUT2D eigenvalue weighted by Crippen LogP contribution is -2.25. The number of hydrogen-bond donors (Lipinski definition) is 2. The lowest BCUT2D eigenvalue weighted by Gasteiger charge is -2.18. The first kappa shape index (κ1) is 15.5. The Morgan fingerprint density at radius 3 is 2.63 bits per heavy atom. The summed E-state index contributed by atoms with van der Waals surface area (Å²) < 4.78 is 5.13. The van der Waals surface area contributed by atoms with Gasteiger partial charge in [0.2, 0.25) is 5.91 Å². The summed E-state index contributed by atoms with van der Waals surface area (Å²) >= 11 is 0. The van der Waals surface area contributed by atoms with Crippen molar-refractivity contribution in [2.45, 2.75) is 33.8 Å². The molecule has 0 radical (unpaired) electrons. The van der Waals surface area contributed by atoms with Gasteiger partial charge in [0.25, 0.3) is 0 Å². The van der Waals surface area contributed by atoms with E-state index in [1.54, 1.807) is 25.3 Å². The zero-order valence-corrected chi connectivity index (χ0v) is 12.1. The molecule has 2 atom stereocenters. The number of hydrogen-bond acceptors (Lipinski definition) is 3. The first-order valence-corrected chi connectivity index (χ1v) is 6.62. The van der Waals surface area contributed by atoms with Gasteiger partial charge in [-0.15, -0.1) is 0 Å². The number of ether oxygens (including phenoxy) is 1. The van der Waals surface area contributed by atoms with Crippen molar-refractivity contribution in [2.75, 3.05) is 12.4 Å². The molecule has 0 bridgehead atoms. The molecule has 0 aromatic heterocycles. The predicted octanol–water partition coefficient (Wildman–Crippen LogP) is 2.81.